The summed E-state index contributed by atoms with van der Waals surface area (Å²) in [5, 5.41) is 9.70. The maximum absolute atomic E-state index is 12.7. The van der Waals surface area contributed by atoms with Gasteiger partial charge in [0.25, 0.3) is 5.91 Å². The first-order valence-corrected chi connectivity index (χ1v) is 9.06. The third kappa shape index (κ3) is 3.63. The number of hydrogen-bond acceptors (Lipinski definition) is 6. The van der Waals surface area contributed by atoms with Crippen LogP contribution in [0.3, 0.4) is 0 Å². The fraction of sp³-hybridized carbons (Fsp3) is 0.556. The molecule has 0 bridgehead atoms. The van der Waals surface area contributed by atoms with E-state index in [9.17, 15) is 4.79 Å². The minimum atomic E-state index is -0.673. The van der Waals surface area contributed by atoms with Gasteiger partial charge in [-0.25, -0.2) is 4.98 Å². The van der Waals surface area contributed by atoms with Crippen LogP contribution in [-0.4, -0.2) is 32.7 Å². The van der Waals surface area contributed by atoms with E-state index >= 15 is 0 Å². The van der Waals surface area contributed by atoms with Crippen LogP contribution in [0.15, 0.2) is 12.3 Å². The van der Waals surface area contributed by atoms with E-state index in [-0.39, 0.29) is 11.6 Å². The van der Waals surface area contributed by atoms with Gasteiger partial charge in [0.05, 0.1) is 24.0 Å². The van der Waals surface area contributed by atoms with E-state index in [1.165, 1.54) is 19.0 Å². The number of nitrogens with two attached hydrogens (primary N) is 1. The van der Waals surface area contributed by atoms with Gasteiger partial charge in [-0.2, -0.15) is 5.10 Å². The van der Waals surface area contributed by atoms with Crippen molar-refractivity contribution in [2.24, 2.45) is 5.92 Å². The van der Waals surface area contributed by atoms with Crippen molar-refractivity contribution in [3.63, 3.8) is 0 Å². The monoisotopic (exact) mass is 356 g/mol. The number of nitrogens with one attached hydrogen (secondary N) is 2. The van der Waals surface area contributed by atoms with Gasteiger partial charge in [0.1, 0.15) is 11.5 Å². The van der Waals surface area contributed by atoms with Gasteiger partial charge in [-0.05, 0) is 45.4 Å². The summed E-state index contributed by atoms with van der Waals surface area (Å²) in [6.45, 7) is 4.39. The zero-order valence-electron chi connectivity index (χ0n) is 15.1. The molecule has 2 saturated carbocycles. The number of anilines is 1. The largest absolute Gasteiger partial charge is 0.476 e. The summed E-state index contributed by atoms with van der Waals surface area (Å²) in [5.74, 6) is 1.61. The fourth-order valence-corrected chi connectivity index (χ4v) is 2.79. The highest BCUT2D eigenvalue weighted by molar-refractivity contribution is 5.92. The van der Waals surface area contributed by atoms with Crippen molar-refractivity contribution in [1.82, 2.24) is 25.5 Å². The zero-order chi connectivity index (χ0) is 18.3. The Morgan fingerprint density at radius 2 is 2.15 bits per heavy atom. The summed E-state index contributed by atoms with van der Waals surface area (Å²) < 4.78 is 5.88. The lowest BCUT2D eigenvalue weighted by atomic mass is 10.0. The van der Waals surface area contributed by atoms with Crippen molar-refractivity contribution in [2.75, 3.05) is 12.3 Å². The van der Waals surface area contributed by atoms with Gasteiger partial charge in [-0.15, -0.1) is 0 Å². The average Bonchev–Trinajstić information content (AvgIpc) is 3.51. The summed E-state index contributed by atoms with van der Waals surface area (Å²) in [7, 11) is 0. The number of amides is 1. The van der Waals surface area contributed by atoms with Gasteiger partial charge in [0.15, 0.2) is 5.69 Å². The van der Waals surface area contributed by atoms with Crippen molar-refractivity contribution in [3.8, 4) is 5.88 Å². The maximum Gasteiger partial charge on any atom is 0.272 e. The molecular weight excluding hydrogens is 332 g/mol. The molecule has 2 aliphatic carbocycles. The molecule has 0 aromatic carbocycles. The van der Waals surface area contributed by atoms with Gasteiger partial charge in [-0.3, -0.25) is 14.9 Å². The van der Waals surface area contributed by atoms with Crippen molar-refractivity contribution >= 4 is 11.7 Å². The summed E-state index contributed by atoms with van der Waals surface area (Å²) in [5.41, 5.74) is 6.83. The highest BCUT2D eigenvalue weighted by atomic mass is 16.5. The summed E-state index contributed by atoms with van der Waals surface area (Å²) in [6.07, 6.45) is 6.15. The van der Waals surface area contributed by atoms with Crippen LogP contribution in [0.5, 0.6) is 5.88 Å². The van der Waals surface area contributed by atoms with Crippen LogP contribution in [0.4, 0.5) is 5.82 Å². The highest BCUT2D eigenvalue weighted by Crippen LogP contribution is 2.42. The Balaban J connectivity index is 1.52. The molecule has 0 unspecified atom stereocenters. The molecule has 0 spiro atoms. The standard InChI is InChI=1S/C18H24N6O2/c1-18(2,13-7-14(19)24-23-13)22-16(25)12-8-20-15(11-5-6-11)17(21-12)26-9-10-3-4-10/h7-8,10-11H,3-6,9H2,1-2H3,(H,22,25)(H3,19,23,24). The number of ether oxygens (including phenoxy) is 1. The molecule has 138 valence electrons. The second-order valence-electron chi connectivity index (χ2n) is 7.76. The van der Waals surface area contributed by atoms with Crippen LogP contribution < -0.4 is 15.8 Å². The SMILES string of the molecule is CC(C)(NC(=O)c1cnc(C2CC2)c(OCC2CC2)n1)c1cc(N)n[nH]1. The lowest BCUT2D eigenvalue weighted by Crippen LogP contribution is -2.41. The molecule has 8 heteroatoms. The molecule has 0 atom stereocenters. The molecule has 2 aromatic rings. The molecule has 2 fully saturated rings. The average molecular weight is 356 g/mol. The van der Waals surface area contributed by atoms with E-state index in [0.29, 0.717) is 30.1 Å². The van der Waals surface area contributed by atoms with E-state index in [1.54, 1.807) is 6.07 Å². The first-order valence-electron chi connectivity index (χ1n) is 9.06. The van der Waals surface area contributed by atoms with Crippen molar-refractivity contribution in [3.05, 3.63) is 29.3 Å². The Morgan fingerprint density at radius 3 is 2.77 bits per heavy atom. The number of nitrogen functional groups attached to an aromatic ring is 1. The van der Waals surface area contributed by atoms with Crippen molar-refractivity contribution < 1.29 is 9.53 Å². The molecule has 2 aromatic heterocycles. The van der Waals surface area contributed by atoms with E-state index in [2.05, 4.69) is 25.5 Å². The molecule has 1 amide bonds. The quantitative estimate of drug-likeness (QED) is 0.699. The van der Waals surface area contributed by atoms with E-state index < -0.39 is 5.54 Å². The molecule has 0 radical (unpaired) electrons. The Morgan fingerprint density at radius 1 is 1.38 bits per heavy atom. The molecule has 4 rings (SSSR count). The lowest BCUT2D eigenvalue weighted by molar-refractivity contribution is 0.0903. The van der Waals surface area contributed by atoms with Crippen LogP contribution >= 0.6 is 0 Å². The second kappa shape index (κ2) is 6.26. The number of carbonyl (C=O) groups excluding carboxylic acids is 1. The van der Waals surface area contributed by atoms with Crippen LogP contribution in [0.25, 0.3) is 0 Å². The highest BCUT2D eigenvalue weighted by Gasteiger charge is 2.32. The fourth-order valence-electron chi connectivity index (χ4n) is 2.79. The van der Waals surface area contributed by atoms with E-state index in [4.69, 9.17) is 10.5 Å². The number of rotatable bonds is 7. The van der Waals surface area contributed by atoms with Crippen molar-refractivity contribution in [1.29, 1.82) is 0 Å². The lowest BCUT2D eigenvalue weighted by Gasteiger charge is -2.24. The first kappa shape index (κ1) is 16.8. The van der Waals surface area contributed by atoms with E-state index in [0.717, 1.165) is 24.2 Å². The van der Waals surface area contributed by atoms with Crippen LogP contribution in [0, 0.1) is 5.92 Å². The summed E-state index contributed by atoms with van der Waals surface area (Å²) in [6, 6.07) is 1.70. The molecule has 0 saturated heterocycles. The second-order valence-corrected chi connectivity index (χ2v) is 7.76. The normalized spacial score (nSPS) is 17.2. The number of carbonyl (C=O) groups is 1. The minimum absolute atomic E-state index is 0.251. The first-order chi connectivity index (χ1) is 12.4. The van der Waals surface area contributed by atoms with Gasteiger partial charge in [0.2, 0.25) is 5.88 Å². The molecular formula is C18H24N6O2. The van der Waals surface area contributed by atoms with Crippen LogP contribution in [0.2, 0.25) is 0 Å². The predicted octanol–water partition coefficient (Wildman–Crippen LogP) is 2.11. The third-order valence-electron chi connectivity index (χ3n) is 4.81. The summed E-state index contributed by atoms with van der Waals surface area (Å²) >= 11 is 0. The Bertz CT molecular complexity index is 823. The zero-order valence-corrected chi connectivity index (χ0v) is 15.1. The van der Waals surface area contributed by atoms with Gasteiger partial charge in [0, 0.05) is 12.0 Å². The topological polar surface area (TPSA) is 119 Å². The number of aromatic amines is 1. The van der Waals surface area contributed by atoms with Crippen LogP contribution in [-0.2, 0) is 5.54 Å². The van der Waals surface area contributed by atoms with Crippen LogP contribution in [0.1, 0.15) is 67.3 Å². The third-order valence-corrected chi connectivity index (χ3v) is 4.81. The number of aromatic nitrogens is 4. The molecule has 2 heterocycles. The smallest absolute Gasteiger partial charge is 0.272 e. The molecule has 4 N–H and O–H groups in total. The molecule has 8 nitrogen and oxygen atoms in total. The predicted molar refractivity (Wildman–Crippen MR) is 95.7 cm³/mol. The number of hydrogen-bond donors (Lipinski definition) is 3. The van der Waals surface area contributed by atoms with Gasteiger partial charge >= 0.3 is 0 Å². The summed E-state index contributed by atoms with van der Waals surface area (Å²) in [4.78, 5) is 21.7. The van der Waals surface area contributed by atoms with Gasteiger partial charge in [-0.1, -0.05) is 0 Å². The maximum atomic E-state index is 12.7. The minimum Gasteiger partial charge on any atom is -0.476 e. The molecule has 26 heavy (non-hydrogen) atoms. The van der Waals surface area contributed by atoms with Gasteiger partial charge < -0.3 is 15.8 Å². The molecule has 0 aliphatic heterocycles. The Hall–Kier alpha value is -2.64. The van der Waals surface area contributed by atoms with Crippen molar-refractivity contribution in [2.45, 2.75) is 51.0 Å². The Labute approximate surface area is 151 Å². The number of nitrogens with zero attached hydrogens (tertiary/aromatic N) is 3. The molecule has 2 aliphatic rings. The number of H-pyrrole nitrogens is 1. The Kier molecular flexibility index (Phi) is 4.05. The van der Waals surface area contributed by atoms with E-state index in [1.807, 2.05) is 13.8 Å².